The molecule has 0 saturated heterocycles. The van der Waals surface area contributed by atoms with Gasteiger partial charge in [-0.15, -0.1) is 0 Å². The van der Waals surface area contributed by atoms with Crippen molar-refractivity contribution in [3.63, 3.8) is 0 Å². The minimum atomic E-state index is 0.159. The highest BCUT2D eigenvalue weighted by atomic mass is 16.5. The van der Waals surface area contributed by atoms with Crippen LogP contribution in [0.3, 0.4) is 0 Å². The Morgan fingerprint density at radius 1 is 1.20 bits per heavy atom. The van der Waals surface area contributed by atoms with Gasteiger partial charge >= 0.3 is 0 Å². The Morgan fingerprint density at radius 2 is 2.10 bits per heavy atom. The van der Waals surface area contributed by atoms with Crippen LogP contribution in [0, 0.1) is 0 Å². The lowest BCUT2D eigenvalue weighted by Gasteiger charge is -2.09. The van der Waals surface area contributed by atoms with Crippen molar-refractivity contribution in [3.05, 3.63) is 53.6 Å². The summed E-state index contributed by atoms with van der Waals surface area (Å²) in [6.07, 6.45) is 4.44. The lowest BCUT2D eigenvalue weighted by atomic mass is 10.0. The molecule has 1 N–H and O–H groups in total. The van der Waals surface area contributed by atoms with Gasteiger partial charge in [-0.3, -0.25) is 0 Å². The van der Waals surface area contributed by atoms with Gasteiger partial charge in [0.2, 0.25) is 0 Å². The first-order valence-electron chi connectivity index (χ1n) is 7.17. The number of ether oxygens (including phenoxy) is 1. The Hall–Kier alpha value is -1.94. The van der Waals surface area contributed by atoms with E-state index in [1.54, 1.807) is 0 Å². The van der Waals surface area contributed by atoms with Gasteiger partial charge < -0.3 is 10.1 Å². The zero-order chi connectivity index (χ0) is 13.4. The van der Waals surface area contributed by atoms with Gasteiger partial charge in [0.05, 0.1) is 11.6 Å². The zero-order valence-electron chi connectivity index (χ0n) is 11.2. The molecule has 4 rings (SSSR count). The minimum Gasteiger partial charge on any atom is -0.492 e. The van der Waals surface area contributed by atoms with Crippen LogP contribution in [-0.4, -0.2) is 22.6 Å². The zero-order valence-corrected chi connectivity index (χ0v) is 11.2. The lowest BCUT2D eigenvalue weighted by Crippen LogP contribution is -2.17. The van der Waals surface area contributed by atoms with Crippen LogP contribution in [0.5, 0.6) is 5.75 Å². The highest BCUT2D eigenvalue weighted by Gasteiger charge is 2.27. The molecule has 1 fully saturated rings. The highest BCUT2D eigenvalue weighted by Crippen LogP contribution is 2.36. The molecule has 0 spiro atoms. The van der Waals surface area contributed by atoms with Gasteiger partial charge in [0.15, 0.2) is 0 Å². The van der Waals surface area contributed by atoms with E-state index in [1.165, 1.54) is 18.4 Å². The topological polar surface area (TPSA) is 47.0 Å². The minimum absolute atomic E-state index is 0.159. The van der Waals surface area contributed by atoms with Gasteiger partial charge in [-0.05, 0) is 25.0 Å². The fraction of sp³-hybridized carbons (Fsp3) is 0.375. The highest BCUT2D eigenvalue weighted by molar-refractivity contribution is 5.42. The maximum Gasteiger partial charge on any atom is 0.139 e. The van der Waals surface area contributed by atoms with Gasteiger partial charge in [0.25, 0.3) is 0 Å². The summed E-state index contributed by atoms with van der Waals surface area (Å²) in [6.45, 7) is 1.47. The number of nitrogens with one attached hydrogen (secondary N) is 1. The van der Waals surface area contributed by atoms with Crippen molar-refractivity contribution in [2.24, 2.45) is 0 Å². The van der Waals surface area contributed by atoms with Crippen molar-refractivity contribution in [3.8, 4) is 5.75 Å². The standard InChI is InChI=1S/C16H17N3O/c1-2-4-15-13(3-1)14(10-20-15)16-17-8-7-12(19-16)9-18-11-5-6-11/h1-4,7-8,11,14,18H,5-6,9-10H2. The second-order valence-corrected chi connectivity index (χ2v) is 5.46. The predicted octanol–water partition coefficient (Wildman–Crippen LogP) is 2.25. The van der Waals surface area contributed by atoms with E-state index < -0.39 is 0 Å². The summed E-state index contributed by atoms with van der Waals surface area (Å²) >= 11 is 0. The molecule has 4 heteroatoms. The fourth-order valence-electron chi connectivity index (χ4n) is 2.59. The van der Waals surface area contributed by atoms with Crippen molar-refractivity contribution in [2.45, 2.75) is 31.3 Å². The third-order valence-electron chi connectivity index (χ3n) is 3.89. The molecule has 1 aliphatic heterocycles. The molecule has 0 radical (unpaired) electrons. The number of fused-ring (bicyclic) bond motifs is 1. The summed E-state index contributed by atoms with van der Waals surface area (Å²) in [5, 5.41) is 3.49. The summed E-state index contributed by atoms with van der Waals surface area (Å²) in [7, 11) is 0. The number of para-hydroxylation sites is 1. The second kappa shape index (κ2) is 4.87. The average molecular weight is 267 g/mol. The Morgan fingerprint density at radius 3 is 3.00 bits per heavy atom. The van der Waals surface area contributed by atoms with Crippen LogP contribution in [0.2, 0.25) is 0 Å². The van der Waals surface area contributed by atoms with Crippen LogP contribution in [0.25, 0.3) is 0 Å². The molecule has 1 atom stereocenters. The van der Waals surface area contributed by atoms with E-state index in [0.717, 1.165) is 23.8 Å². The van der Waals surface area contributed by atoms with Crippen molar-refractivity contribution >= 4 is 0 Å². The SMILES string of the molecule is c1ccc2c(c1)OCC2c1nccc(CNC2CC2)n1. The Labute approximate surface area is 118 Å². The van der Waals surface area contributed by atoms with Crippen LogP contribution in [0.15, 0.2) is 36.5 Å². The van der Waals surface area contributed by atoms with Gasteiger partial charge in [-0.25, -0.2) is 9.97 Å². The normalized spacial score (nSPS) is 20.5. The van der Waals surface area contributed by atoms with E-state index in [4.69, 9.17) is 9.72 Å². The average Bonchev–Trinajstić information content (AvgIpc) is 3.23. The number of hydrogen-bond acceptors (Lipinski definition) is 4. The van der Waals surface area contributed by atoms with Crippen molar-refractivity contribution < 1.29 is 4.74 Å². The molecule has 0 bridgehead atoms. The van der Waals surface area contributed by atoms with Gasteiger partial charge in [0.1, 0.15) is 18.2 Å². The molecule has 2 heterocycles. The first-order valence-corrected chi connectivity index (χ1v) is 7.17. The molecule has 0 amide bonds. The molecule has 2 aromatic rings. The van der Waals surface area contributed by atoms with E-state index in [9.17, 15) is 0 Å². The summed E-state index contributed by atoms with van der Waals surface area (Å²) in [4.78, 5) is 9.14. The Bertz CT molecular complexity index is 625. The third kappa shape index (κ3) is 2.27. The van der Waals surface area contributed by atoms with Crippen molar-refractivity contribution in [1.29, 1.82) is 0 Å². The van der Waals surface area contributed by atoms with Gasteiger partial charge in [0, 0.05) is 24.3 Å². The fourth-order valence-corrected chi connectivity index (χ4v) is 2.59. The molecule has 1 aromatic heterocycles. The largest absolute Gasteiger partial charge is 0.492 e. The van der Waals surface area contributed by atoms with Crippen LogP contribution in [0.4, 0.5) is 0 Å². The summed E-state index contributed by atoms with van der Waals surface area (Å²) in [6, 6.07) is 10.8. The first kappa shape index (κ1) is 11.9. The van der Waals surface area contributed by atoms with Crippen LogP contribution < -0.4 is 10.1 Å². The maximum absolute atomic E-state index is 5.72. The van der Waals surface area contributed by atoms with E-state index in [-0.39, 0.29) is 5.92 Å². The number of aromatic nitrogens is 2. The maximum atomic E-state index is 5.72. The molecule has 4 nitrogen and oxygen atoms in total. The van der Waals surface area contributed by atoms with E-state index >= 15 is 0 Å². The molecule has 2 aliphatic rings. The van der Waals surface area contributed by atoms with Crippen molar-refractivity contribution in [1.82, 2.24) is 15.3 Å². The Kier molecular flexibility index (Phi) is 2.89. The quantitative estimate of drug-likeness (QED) is 0.923. The number of hydrogen-bond donors (Lipinski definition) is 1. The lowest BCUT2D eigenvalue weighted by molar-refractivity contribution is 0.339. The van der Waals surface area contributed by atoms with Crippen molar-refractivity contribution in [2.75, 3.05) is 6.61 Å². The molecule has 102 valence electrons. The van der Waals surface area contributed by atoms with E-state index in [1.807, 2.05) is 30.5 Å². The van der Waals surface area contributed by atoms with Gasteiger partial charge in [-0.2, -0.15) is 0 Å². The predicted molar refractivity (Wildman–Crippen MR) is 75.7 cm³/mol. The van der Waals surface area contributed by atoms with Crippen LogP contribution in [-0.2, 0) is 6.54 Å². The number of rotatable bonds is 4. The molecule has 1 saturated carbocycles. The van der Waals surface area contributed by atoms with E-state index in [2.05, 4.69) is 16.4 Å². The second-order valence-electron chi connectivity index (χ2n) is 5.46. The Balaban J connectivity index is 1.57. The summed E-state index contributed by atoms with van der Waals surface area (Å²) < 4.78 is 5.72. The molecular formula is C16H17N3O. The number of benzene rings is 1. The molecular weight excluding hydrogens is 250 g/mol. The van der Waals surface area contributed by atoms with Crippen LogP contribution in [0.1, 0.15) is 35.8 Å². The summed E-state index contributed by atoms with van der Waals surface area (Å²) in [5.41, 5.74) is 2.26. The molecule has 1 aromatic carbocycles. The first-order chi connectivity index (χ1) is 9.90. The smallest absolute Gasteiger partial charge is 0.139 e. The van der Waals surface area contributed by atoms with E-state index in [0.29, 0.717) is 12.6 Å². The van der Waals surface area contributed by atoms with Gasteiger partial charge in [-0.1, -0.05) is 18.2 Å². The molecule has 1 unspecified atom stereocenters. The third-order valence-corrected chi connectivity index (χ3v) is 3.89. The number of nitrogens with zero attached hydrogens (tertiary/aromatic N) is 2. The molecule has 1 aliphatic carbocycles. The summed E-state index contributed by atoms with van der Waals surface area (Å²) in [5.74, 6) is 1.99. The monoisotopic (exact) mass is 267 g/mol. The molecule has 20 heavy (non-hydrogen) atoms. The van der Waals surface area contributed by atoms with Crippen LogP contribution >= 0.6 is 0 Å².